The van der Waals surface area contributed by atoms with E-state index in [0.717, 1.165) is 22.2 Å². The number of aryl methyl sites for hydroxylation is 1. The molecular weight excluding hydrogens is 429 g/mol. The van der Waals surface area contributed by atoms with Gasteiger partial charge in [-0.2, -0.15) is 0 Å². The van der Waals surface area contributed by atoms with Crippen molar-refractivity contribution in [3.05, 3.63) is 108 Å². The average Bonchev–Trinajstić information content (AvgIpc) is 3.31. The highest BCUT2D eigenvalue weighted by Crippen LogP contribution is 2.34. The van der Waals surface area contributed by atoms with Crippen molar-refractivity contribution in [3.63, 3.8) is 0 Å². The number of benzene rings is 3. The number of halogens is 1. The van der Waals surface area contributed by atoms with Crippen LogP contribution in [0.25, 0.3) is 16.5 Å². The number of rotatable bonds is 6. The van der Waals surface area contributed by atoms with Gasteiger partial charge >= 0.3 is 0 Å². The van der Waals surface area contributed by atoms with Gasteiger partial charge in [0.25, 0.3) is 11.8 Å². The molecule has 2 amide bonds. The van der Waals surface area contributed by atoms with Crippen LogP contribution in [-0.4, -0.2) is 34.9 Å². The summed E-state index contributed by atoms with van der Waals surface area (Å²) in [6.45, 7) is 0.252. The highest BCUT2D eigenvalue weighted by Gasteiger charge is 2.41. The number of carbonyl (C=O) groups is 2. The SMILES string of the molecule is CN(C1=C(c2ccc(F)cc2)C(=O)N(CCc2cn(C)c3ccccc23)C1=O)c1ccccc1. The molecule has 6 heteroatoms. The van der Waals surface area contributed by atoms with E-state index in [4.69, 9.17) is 0 Å². The maximum atomic E-state index is 13.6. The molecule has 170 valence electrons. The molecule has 1 aliphatic rings. The minimum Gasteiger partial charge on any atom is -0.350 e. The molecule has 34 heavy (non-hydrogen) atoms. The van der Waals surface area contributed by atoms with Gasteiger partial charge in [-0.25, -0.2) is 4.39 Å². The van der Waals surface area contributed by atoms with E-state index in [9.17, 15) is 14.0 Å². The molecule has 0 aliphatic carbocycles. The molecular formula is C28H24FN3O2. The van der Waals surface area contributed by atoms with Crippen molar-refractivity contribution < 1.29 is 14.0 Å². The quantitative estimate of drug-likeness (QED) is 0.395. The Hall–Kier alpha value is -4.19. The van der Waals surface area contributed by atoms with E-state index in [1.54, 1.807) is 24.1 Å². The molecule has 0 N–H and O–H groups in total. The highest BCUT2D eigenvalue weighted by molar-refractivity contribution is 6.36. The summed E-state index contributed by atoms with van der Waals surface area (Å²) < 4.78 is 15.6. The molecule has 3 aromatic carbocycles. The lowest BCUT2D eigenvalue weighted by Gasteiger charge is -2.21. The van der Waals surface area contributed by atoms with Crippen molar-refractivity contribution in [2.45, 2.75) is 6.42 Å². The zero-order chi connectivity index (χ0) is 23.8. The third-order valence-corrected chi connectivity index (χ3v) is 6.34. The van der Waals surface area contributed by atoms with Crippen LogP contribution in [0.15, 0.2) is 90.8 Å². The molecule has 0 atom stereocenters. The van der Waals surface area contributed by atoms with Gasteiger partial charge in [0.2, 0.25) is 0 Å². The molecule has 1 aromatic heterocycles. The van der Waals surface area contributed by atoms with Gasteiger partial charge < -0.3 is 9.47 Å². The van der Waals surface area contributed by atoms with Crippen molar-refractivity contribution in [2.75, 3.05) is 18.5 Å². The van der Waals surface area contributed by atoms with Gasteiger partial charge in [-0.15, -0.1) is 0 Å². The van der Waals surface area contributed by atoms with Crippen LogP contribution in [0.4, 0.5) is 10.1 Å². The monoisotopic (exact) mass is 453 g/mol. The number of anilines is 1. The van der Waals surface area contributed by atoms with Crippen molar-refractivity contribution in [1.82, 2.24) is 9.47 Å². The lowest BCUT2D eigenvalue weighted by Crippen LogP contribution is -2.35. The van der Waals surface area contributed by atoms with Gasteiger partial charge in [0.1, 0.15) is 11.5 Å². The third-order valence-electron chi connectivity index (χ3n) is 6.34. The second-order valence-electron chi connectivity index (χ2n) is 8.42. The molecule has 2 heterocycles. The molecule has 0 fully saturated rings. The Morgan fingerprint density at radius 1 is 0.853 bits per heavy atom. The van der Waals surface area contributed by atoms with E-state index in [1.165, 1.54) is 17.0 Å². The first kappa shape index (κ1) is 21.6. The van der Waals surface area contributed by atoms with Gasteiger partial charge in [-0.05, 0) is 47.9 Å². The van der Waals surface area contributed by atoms with Crippen LogP contribution in [0, 0.1) is 5.82 Å². The topological polar surface area (TPSA) is 45.6 Å². The van der Waals surface area contributed by atoms with Gasteiger partial charge in [0.15, 0.2) is 0 Å². The average molecular weight is 454 g/mol. The largest absolute Gasteiger partial charge is 0.350 e. The van der Waals surface area contributed by atoms with Crippen LogP contribution in [0.2, 0.25) is 0 Å². The summed E-state index contributed by atoms with van der Waals surface area (Å²) in [4.78, 5) is 30.2. The van der Waals surface area contributed by atoms with Crippen LogP contribution < -0.4 is 4.90 Å². The molecule has 5 nitrogen and oxygen atoms in total. The summed E-state index contributed by atoms with van der Waals surface area (Å²) in [5, 5.41) is 1.11. The maximum Gasteiger partial charge on any atom is 0.278 e. The van der Waals surface area contributed by atoms with E-state index in [0.29, 0.717) is 17.7 Å². The van der Waals surface area contributed by atoms with E-state index in [2.05, 4.69) is 10.6 Å². The number of imide groups is 1. The highest BCUT2D eigenvalue weighted by atomic mass is 19.1. The Labute approximate surface area is 197 Å². The second-order valence-corrected chi connectivity index (χ2v) is 8.42. The first-order chi connectivity index (χ1) is 16.5. The first-order valence-electron chi connectivity index (χ1n) is 11.1. The molecule has 0 spiro atoms. The lowest BCUT2D eigenvalue weighted by molar-refractivity contribution is -0.136. The molecule has 0 unspecified atom stereocenters. The predicted octanol–water partition coefficient (Wildman–Crippen LogP) is 4.78. The fourth-order valence-corrected chi connectivity index (χ4v) is 4.59. The molecule has 0 saturated heterocycles. The van der Waals surface area contributed by atoms with E-state index in [-0.39, 0.29) is 23.9 Å². The predicted molar refractivity (Wildman–Crippen MR) is 132 cm³/mol. The van der Waals surface area contributed by atoms with Crippen molar-refractivity contribution in [2.24, 2.45) is 7.05 Å². The normalized spacial score (nSPS) is 13.9. The number of nitrogens with zero attached hydrogens (tertiary/aromatic N) is 3. The number of likely N-dealkylation sites (N-methyl/N-ethyl adjacent to an activating group) is 1. The number of para-hydroxylation sites is 2. The van der Waals surface area contributed by atoms with E-state index >= 15 is 0 Å². The minimum atomic E-state index is -0.396. The summed E-state index contributed by atoms with van der Waals surface area (Å²) in [5.74, 6) is -1.11. The Morgan fingerprint density at radius 2 is 1.53 bits per heavy atom. The molecule has 1 aliphatic heterocycles. The summed E-state index contributed by atoms with van der Waals surface area (Å²) in [7, 11) is 3.76. The van der Waals surface area contributed by atoms with Crippen LogP contribution in [-0.2, 0) is 23.1 Å². The number of carbonyl (C=O) groups excluding carboxylic acids is 2. The van der Waals surface area contributed by atoms with Crippen LogP contribution in [0.3, 0.4) is 0 Å². The maximum absolute atomic E-state index is 13.6. The zero-order valence-electron chi connectivity index (χ0n) is 19.0. The molecule has 0 bridgehead atoms. The van der Waals surface area contributed by atoms with Crippen LogP contribution >= 0.6 is 0 Å². The molecule has 0 radical (unpaired) electrons. The lowest BCUT2D eigenvalue weighted by atomic mass is 10.0. The molecule has 0 saturated carbocycles. The number of hydrogen-bond acceptors (Lipinski definition) is 3. The van der Waals surface area contributed by atoms with Gasteiger partial charge in [0, 0.05) is 43.4 Å². The second kappa shape index (κ2) is 8.63. The number of aromatic nitrogens is 1. The number of fused-ring (bicyclic) bond motifs is 1. The van der Waals surface area contributed by atoms with Gasteiger partial charge in [-0.1, -0.05) is 48.5 Å². The van der Waals surface area contributed by atoms with E-state index in [1.807, 2.05) is 61.8 Å². The summed E-state index contributed by atoms with van der Waals surface area (Å²) in [6, 6.07) is 23.2. The fraction of sp³-hybridized carbons (Fsp3) is 0.143. The minimum absolute atomic E-state index is 0.252. The van der Waals surface area contributed by atoms with Gasteiger partial charge in [-0.3, -0.25) is 14.5 Å². The summed E-state index contributed by atoms with van der Waals surface area (Å²) in [5.41, 5.74) is 4.06. The smallest absolute Gasteiger partial charge is 0.278 e. The van der Waals surface area contributed by atoms with Crippen molar-refractivity contribution in [3.8, 4) is 0 Å². The first-order valence-corrected chi connectivity index (χ1v) is 11.1. The van der Waals surface area contributed by atoms with Crippen LogP contribution in [0.1, 0.15) is 11.1 Å². The van der Waals surface area contributed by atoms with Crippen LogP contribution in [0.5, 0.6) is 0 Å². The van der Waals surface area contributed by atoms with Crippen molar-refractivity contribution in [1.29, 1.82) is 0 Å². The molecule has 4 aromatic rings. The Morgan fingerprint density at radius 3 is 2.26 bits per heavy atom. The van der Waals surface area contributed by atoms with Crippen molar-refractivity contribution >= 4 is 34.0 Å². The fourth-order valence-electron chi connectivity index (χ4n) is 4.59. The van der Waals surface area contributed by atoms with E-state index < -0.39 is 5.82 Å². The van der Waals surface area contributed by atoms with Gasteiger partial charge in [0.05, 0.1) is 5.57 Å². The number of hydrogen-bond donors (Lipinski definition) is 0. The summed E-state index contributed by atoms with van der Waals surface area (Å²) >= 11 is 0. The Bertz CT molecular complexity index is 1420. The Balaban J connectivity index is 1.50. The standard InChI is InChI=1S/C28H24FN3O2/c1-30-18-20(23-10-6-7-11-24(23)30)16-17-32-27(33)25(19-12-14-21(29)15-13-19)26(28(32)34)31(2)22-8-4-3-5-9-22/h3-15,18H,16-17H2,1-2H3. The zero-order valence-corrected chi connectivity index (χ0v) is 19.0. The molecule has 5 rings (SSSR count). The summed E-state index contributed by atoms with van der Waals surface area (Å²) in [6.07, 6.45) is 2.58. The third kappa shape index (κ3) is 3.67. The Kier molecular flexibility index (Phi) is 5.49. The number of amides is 2.